The molecule has 0 saturated heterocycles. The first-order chi connectivity index (χ1) is 8.40. The molecular weight excluding hydrogens is 232 g/mol. The molecule has 104 valence electrons. The van der Waals surface area contributed by atoms with E-state index in [-0.39, 0.29) is 5.91 Å². The normalized spacial score (nSPS) is 21.3. The van der Waals surface area contributed by atoms with E-state index in [0.29, 0.717) is 19.4 Å². The van der Waals surface area contributed by atoms with Crippen LogP contribution in [-0.4, -0.2) is 29.1 Å². The molecule has 0 aromatic heterocycles. The van der Waals surface area contributed by atoms with Gasteiger partial charge in [-0.1, -0.05) is 26.2 Å². The summed E-state index contributed by atoms with van der Waals surface area (Å²) in [4.78, 5) is 23.6. The number of aliphatic carboxylic acids is 1. The highest BCUT2D eigenvalue weighted by Gasteiger charge is 2.44. The van der Waals surface area contributed by atoms with Crippen LogP contribution >= 0.6 is 0 Å². The zero-order chi connectivity index (χ0) is 13.8. The molecule has 1 saturated carbocycles. The van der Waals surface area contributed by atoms with Crippen molar-refractivity contribution in [3.05, 3.63) is 0 Å². The van der Waals surface area contributed by atoms with E-state index in [2.05, 4.69) is 5.32 Å². The Morgan fingerprint density at radius 3 is 2.33 bits per heavy atom. The van der Waals surface area contributed by atoms with Crippen molar-refractivity contribution in [1.82, 2.24) is 5.32 Å². The van der Waals surface area contributed by atoms with Gasteiger partial charge in [-0.05, 0) is 26.2 Å². The lowest BCUT2D eigenvalue weighted by atomic mass is 9.83. The Balaban J connectivity index is 2.81. The summed E-state index contributed by atoms with van der Waals surface area (Å²) in [6.45, 7) is 3.76. The summed E-state index contributed by atoms with van der Waals surface area (Å²) in [7, 11) is 0. The maximum atomic E-state index is 12.3. The van der Waals surface area contributed by atoms with Gasteiger partial charge in [0.05, 0.1) is 5.41 Å². The lowest BCUT2D eigenvalue weighted by Crippen LogP contribution is -2.57. The molecule has 0 aliphatic heterocycles. The predicted octanol–water partition coefficient (Wildman–Crippen LogP) is 1.27. The summed E-state index contributed by atoms with van der Waals surface area (Å²) in [6.07, 6.45) is 4.63. The summed E-state index contributed by atoms with van der Waals surface area (Å²) >= 11 is 0. The van der Waals surface area contributed by atoms with E-state index in [1.165, 1.54) is 0 Å². The van der Waals surface area contributed by atoms with Crippen LogP contribution in [0.1, 0.15) is 52.4 Å². The van der Waals surface area contributed by atoms with Gasteiger partial charge in [-0.2, -0.15) is 0 Å². The van der Waals surface area contributed by atoms with Crippen molar-refractivity contribution >= 4 is 11.9 Å². The summed E-state index contributed by atoms with van der Waals surface area (Å²) in [5.74, 6) is -1.18. The van der Waals surface area contributed by atoms with Crippen LogP contribution in [0, 0.1) is 5.41 Å². The fraction of sp³-hybridized carbons (Fsp3) is 0.846. The summed E-state index contributed by atoms with van der Waals surface area (Å²) in [6, 6.07) is 0. The molecule has 1 atom stereocenters. The number of nitrogens with two attached hydrogens (primary N) is 1. The molecule has 1 amide bonds. The van der Waals surface area contributed by atoms with Gasteiger partial charge in [0.15, 0.2) is 0 Å². The van der Waals surface area contributed by atoms with Crippen molar-refractivity contribution in [2.24, 2.45) is 11.1 Å². The molecule has 5 nitrogen and oxygen atoms in total. The third-order valence-electron chi connectivity index (χ3n) is 4.04. The standard InChI is InChI=1S/C13H24N2O3/c1-3-6-12(2,11(17)18)15-10(16)13(9-14)7-4-5-8-13/h3-9,14H2,1-2H3,(H,15,16)(H,17,18). The number of hydrogen-bond acceptors (Lipinski definition) is 3. The van der Waals surface area contributed by atoms with Crippen molar-refractivity contribution in [1.29, 1.82) is 0 Å². The second kappa shape index (κ2) is 5.69. The molecule has 0 heterocycles. The van der Waals surface area contributed by atoms with Crippen LogP contribution in [0.25, 0.3) is 0 Å². The maximum Gasteiger partial charge on any atom is 0.329 e. The Hall–Kier alpha value is -1.10. The molecule has 0 aromatic rings. The number of carboxylic acid groups (broad SMARTS) is 1. The molecule has 0 radical (unpaired) electrons. The van der Waals surface area contributed by atoms with Gasteiger partial charge in [0.25, 0.3) is 0 Å². The van der Waals surface area contributed by atoms with Gasteiger partial charge in [0.2, 0.25) is 5.91 Å². The molecule has 1 aliphatic carbocycles. The minimum absolute atomic E-state index is 0.194. The first-order valence-corrected chi connectivity index (χ1v) is 6.66. The van der Waals surface area contributed by atoms with Crippen LogP contribution in [0.5, 0.6) is 0 Å². The van der Waals surface area contributed by atoms with Gasteiger partial charge in [0.1, 0.15) is 5.54 Å². The second-order valence-electron chi connectivity index (χ2n) is 5.53. The summed E-state index contributed by atoms with van der Waals surface area (Å²) in [5.41, 5.74) is 4.00. The van der Waals surface area contributed by atoms with Gasteiger partial charge in [0, 0.05) is 6.54 Å². The minimum atomic E-state index is -1.18. The number of rotatable bonds is 6. The van der Waals surface area contributed by atoms with E-state index in [9.17, 15) is 14.7 Å². The fourth-order valence-electron chi connectivity index (χ4n) is 2.68. The molecule has 1 unspecified atom stereocenters. The Morgan fingerprint density at radius 2 is 1.94 bits per heavy atom. The maximum absolute atomic E-state index is 12.3. The second-order valence-corrected chi connectivity index (χ2v) is 5.53. The molecule has 1 fully saturated rings. The van der Waals surface area contributed by atoms with E-state index in [1.54, 1.807) is 6.92 Å². The first kappa shape index (κ1) is 15.0. The predicted molar refractivity (Wildman–Crippen MR) is 69.0 cm³/mol. The van der Waals surface area contributed by atoms with Gasteiger partial charge in [-0.3, -0.25) is 4.79 Å². The highest BCUT2D eigenvalue weighted by atomic mass is 16.4. The summed E-state index contributed by atoms with van der Waals surface area (Å²) in [5, 5.41) is 12.0. The van der Waals surface area contributed by atoms with Crippen LogP contribution < -0.4 is 11.1 Å². The average molecular weight is 256 g/mol. The van der Waals surface area contributed by atoms with E-state index < -0.39 is 16.9 Å². The van der Waals surface area contributed by atoms with Crippen molar-refractivity contribution < 1.29 is 14.7 Å². The molecule has 0 aromatic carbocycles. The zero-order valence-corrected chi connectivity index (χ0v) is 11.3. The molecule has 5 heteroatoms. The van der Waals surface area contributed by atoms with Crippen LogP contribution in [-0.2, 0) is 9.59 Å². The average Bonchev–Trinajstić information content (AvgIpc) is 2.78. The molecule has 0 bridgehead atoms. The van der Waals surface area contributed by atoms with Crippen LogP contribution in [0.3, 0.4) is 0 Å². The number of carbonyl (C=O) groups is 2. The van der Waals surface area contributed by atoms with Gasteiger partial charge >= 0.3 is 5.97 Å². The minimum Gasteiger partial charge on any atom is -0.480 e. The molecule has 18 heavy (non-hydrogen) atoms. The van der Waals surface area contributed by atoms with Crippen LogP contribution in [0.2, 0.25) is 0 Å². The molecule has 0 spiro atoms. The lowest BCUT2D eigenvalue weighted by Gasteiger charge is -2.32. The van der Waals surface area contributed by atoms with Crippen molar-refractivity contribution in [2.75, 3.05) is 6.54 Å². The van der Waals surface area contributed by atoms with E-state index >= 15 is 0 Å². The Bertz CT molecular complexity index is 324. The largest absolute Gasteiger partial charge is 0.480 e. The first-order valence-electron chi connectivity index (χ1n) is 6.66. The third kappa shape index (κ3) is 2.83. The summed E-state index contributed by atoms with van der Waals surface area (Å²) < 4.78 is 0. The number of nitrogens with one attached hydrogen (secondary N) is 1. The van der Waals surface area contributed by atoms with E-state index in [1.807, 2.05) is 6.92 Å². The van der Waals surface area contributed by atoms with Crippen molar-refractivity contribution in [3.8, 4) is 0 Å². The van der Waals surface area contributed by atoms with E-state index in [4.69, 9.17) is 5.73 Å². The zero-order valence-electron chi connectivity index (χ0n) is 11.3. The molecule has 1 aliphatic rings. The quantitative estimate of drug-likeness (QED) is 0.667. The fourth-order valence-corrected chi connectivity index (χ4v) is 2.68. The Kier molecular flexibility index (Phi) is 4.73. The Morgan fingerprint density at radius 1 is 1.39 bits per heavy atom. The number of amides is 1. The number of carbonyl (C=O) groups excluding carboxylic acids is 1. The smallest absolute Gasteiger partial charge is 0.329 e. The van der Waals surface area contributed by atoms with Gasteiger partial charge < -0.3 is 16.2 Å². The number of carboxylic acids is 1. The topological polar surface area (TPSA) is 92.4 Å². The SMILES string of the molecule is CCCC(C)(NC(=O)C1(CN)CCCC1)C(=O)O. The van der Waals surface area contributed by atoms with Crippen LogP contribution in [0.15, 0.2) is 0 Å². The molecular formula is C13H24N2O3. The third-order valence-corrected chi connectivity index (χ3v) is 4.04. The van der Waals surface area contributed by atoms with Gasteiger partial charge in [-0.25, -0.2) is 4.79 Å². The highest BCUT2D eigenvalue weighted by molar-refractivity contribution is 5.90. The van der Waals surface area contributed by atoms with Gasteiger partial charge in [-0.15, -0.1) is 0 Å². The lowest BCUT2D eigenvalue weighted by molar-refractivity contribution is -0.149. The van der Waals surface area contributed by atoms with Crippen molar-refractivity contribution in [3.63, 3.8) is 0 Å². The molecule has 4 N–H and O–H groups in total. The van der Waals surface area contributed by atoms with Crippen LogP contribution in [0.4, 0.5) is 0 Å². The highest BCUT2D eigenvalue weighted by Crippen LogP contribution is 2.37. The number of hydrogen-bond donors (Lipinski definition) is 3. The monoisotopic (exact) mass is 256 g/mol. The van der Waals surface area contributed by atoms with E-state index in [0.717, 1.165) is 25.7 Å². The van der Waals surface area contributed by atoms with Crippen molar-refractivity contribution in [2.45, 2.75) is 57.9 Å². The Labute approximate surface area is 108 Å². The molecule has 1 rings (SSSR count).